The first-order valence-corrected chi connectivity index (χ1v) is 11.3. The largest absolute Gasteiger partial charge is 0.473 e. The molecule has 2 rings (SSSR count). The Bertz CT molecular complexity index is 761. The van der Waals surface area contributed by atoms with Gasteiger partial charge in [0.1, 0.15) is 5.60 Å². The Labute approximate surface area is 186 Å². The van der Waals surface area contributed by atoms with Gasteiger partial charge in [0.05, 0.1) is 12.9 Å². The molecule has 0 aliphatic carbocycles. The fourth-order valence-electron chi connectivity index (χ4n) is 2.78. The first kappa shape index (κ1) is 26.0. The summed E-state index contributed by atoms with van der Waals surface area (Å²) in [6.45, 7) is 2.69. The Balaban J connectivity index is 0.000000656. The van der Waals surface area contributed by atoms with Gasteiger partial charge < -0.3 is 19.9 Å². The minimum absolute atomic E-state index is 0.458. The van der Waals surface area contributed by atoms with E-state index in [0.29, 0.717) is 17.3 Å². The third-order valence-corrected chi connectivity index (χ3v) is 5.88. The topological polar surface area (TPSA) is 113 Å². The van der Waals surface area contributed by atoms with Gasteiger partial charge in [-0.1, -0.05) is 62.4 Å². The summed E-state index contributed by atoms with van der Waals surface area (Å²) in [6.07, 6.45) is 11.7. The predicted octanol–water partition coefficient (Wildman–Crippen LogP) is 4.28. The van der Waals surface area contributed by atoms with Crippen LogP contribution in [0.1, 0.15) is 44.6 Å². The van der Waals surface area contributed by atoms with Crippen molar-refractivity contribution in [2.24, 2.45) is 0 Å². The number of hydrogen-bond acceptors (Lipinski definition) is 5. The number of unbranched alkanes of at least 4 members (excludes halogenated alkanes) is 4. The highest BCUT2D eigenvalue weighted by Crippen LogP contribution is 2.33. The molecule has 0 aliphatic heterocycles. The van der Waals surface area contributed by atoms with Crippen LogP contribution in [0.4, 0.5) is 0 Å². The quantitative estimate of drug-likeness (QED) is 0.341. The minimum Gasteiger partial charge on any atom is -0.473 e. The number of carboxylic acid groups (broad SMARTS) is 2. The monoisotopic (exact) mass is 456 g/mol. The van der Waals surface area contributed by atoms with Crippen molar-refractivity contribution in [3.8, 4) is 0 Å². The summed E-state index contributed by atoms with van der Waals surface area (Å²) in [5.41, 5.74) is -0.202. The van der Waals surface area contributed by atoms with E-state index in [1.807, 2.05) is 35.0 Å². The zero-order valence-electron chi connectivity index (χ0n) is 17.0. The number of carbonyl (C=O) groups is 2. The van der Waals surface area contributed by atoms with Crippen LogP contribution < -0.4 is 0 Å². The van der Waals surface area contributed by atoms with Gasteiger partial charge in [0.2, 0.25) is 0 Å². The Morgan fingerprint density at radius 1 is 1.13 bits per heavy atom. The summed E-state index contributed by atoms with van der Waals surface area (Å²) < 4.78 is 1.91. The fraction of sp³-hybridized carbons (Fsp3) is 0.476. The number of aliphatic hydroxyl groups is 1. The molecule has 0 saturated carbocycles. The lowest BCUT2D eigenvalue weighted by Gasteiger charge is -2.29. The zero-order chi connectivity index (χ0) is 22.4. The highest BCUT2D eigenvalue weighted by Gasteiger charge is 2.31. The van der Waals surface area contributed by atoms with Crippen LogP contribution in [0.3, 0.4) is 0 Å². The highest BCUT2D eigenvalue weighted by molar-refractivity contribution is 7.99. The van der Waals surface area contributed by atoms with Crippen LogP contribution in [0.15, 0.2) is 43.0 Å². The fourth-order valence-corrected chi connectivity index (χ4v) is 4.23. The van der Waals surface area contributed by atoms with Crippen LogP contribution in [-0.2, 0) is 21.7 Å². The number of aliphatic carboxylic acids is 2. The average molecular weight is 457 g/mol. The van der Waals surface area contributed by atoms with Gasteiger partial charge in [-0.3, -0.25) is 0 Å². The van der Waals surface area contributed by atoms with E-state index in [9.17, 15) is 5.11 Å². The molecule has 0 fully saturated rings. The molecule has 1 aromatic carbocycles. The van der Waals surface area contributed by atoms with Gasteiger partial charge in [-0.05, 0) is 18.2 Å². The second-order valence-corrected chi connectivity index (χ2v) is 8.34. The summed E-state index contributed by atoms with van der Waals surface area (Å²) in [5, 5.41) is 26.7. The molecule has 0 saturated heterocycles. The summed E-state index contributed by atoms with van der Waals surface area (Å²) in [6, 6.07) is 7.58. The maximum Gasteiger partial charge on any atom is 0.414 e. The van der Waals surface area contributed by atoms with Gasteiger partial charge in [-0.25, -0.2) is 14.6 Å². The Kier molecular flexibility index (Phi) is 12.2. The zero-order valence-corrected chi connectivity index (χ0v) is 18.6. The molecule has 0 spiro atoms. The number of thioether (sulfide) groups is 1. The van der Waals surface area contributed by atoms with Crippen molar-refractivity contribution < 1.29 is 24.9 Å². The van der Waals surface area contributed by atoms with Crippen molar-refractivity contribution in [1.29, 1.82) is 0 Å². The molecule has 1 unspecified atom stereocenters. The van der Waals surface area contributed by atoms with E-state index in [4.69, 9.17) is 31.4 Å². The number of hydrogen-bond donors (Lipinski definition) is 3. The van der Waals surface area contributed by atoms with Gasteiger partial charge >= 0.3 is 11.9 Å². The van der Waals surface area contributed by atoms with E-state index in [-0.39, 0.29) is 0 Å². The molecule has 3 N–H and O–H groups in total. The second kappa shape index (κ2) is 14.1. The molecule has 1 aromatic heterocycles. The highest BCUT2D eigenvalue weighted by atomic mass is 35.5. The predicted molar refractivity (Wildman–Crippen MR) is 119 cm³/mol. The van der Waals surface area contributed by atoms with Crippen LogP contribution in [0.2, 0.25) is 5.02 Å². The molecule has 2 aromatic rings. The van der Waals surface area contributed by atoms with E-state index in [0.717, 1.165) is 11.3 Å². The first-order valence-electron chi connectivity index (χ1n) is 9.77. The van der Waals surface area contributed by atoms with Gasteiger partial charge in [-0.2, -0.15) is 11.8 Å². The lowest BCUT2D eigenvalue weighted by atomic mass is 9.95. The van der Waals surface area contributed by atoms with Crippen LogP contribution in [0.25, 0.3) is 0 Å². The van der Waals surface area contributed by atoms with Gasteiger partial charge in [0.15, 0.2) is 0 Å². The van der Waals surface area contributed by atoms with Crippen LogP contribution in [0, 0.1) is 0 Å². The minimum atomic E-state index is -1.82. The Morgan fingerprint density at radius 3 is 2.37 bits per heavy atom. The standard InChI is InChI=1S/C19H27ClN2OS.C2H2O4/c1-2-3-4-5-8-13-24-15-19(23,14-22-12-11-21-16-22)17-9-6-7-10-18(17)20;3-1(4)2(5)6/h6-7,9-12,16,23H,2-5,8,13-15H2,1H3;(H,3,4)(H,5,6). The Hall–Kier alpha value is -2.03. The second-order valence-electron chi connectivity index (χ2n) is 6.82. The van der Waals surface area contributed by atoms with E-state index in [1.54, 1.807) is 24.3 Å². The maximum atomic E-state index is 11.3. The average Bonchev–Trinajstić information content (AvgIpc) is 3.20. The number of nitrogens with zero attached hydrogens (tertiary/aromatic N) is 2. The van der Waals surface area contributed by atoms with E-state index < -0.39 is 17.5 Å². The lowest BCUT2D eigenvalue weighted by molar-refractivity contribution is -0.159. The molecular formula is C21H29ClN2O5S. The lowest BCUT2D eigenvalue weighted by Crippen LogP contribution is -2.34. The number of halogens is 1. The van der Waals surface area contributed by atoms with Crippen molar-refractivity contribution in [3.05, 3.63) is 53.6 Å². The SMILES string of the molecule is CCCCCCCSCC(O)(Cn1ccnc1)c1ccccc1Cl.O=C(O)C(=O)O. The molecule has 0 aliphatic rings. The summed E-state index contributed by atoms with van der Waals surface area (Å²) in [5.74, 6) is -1.95. The van der Waals surface area contributed by atoms with Crippen LogP contribution in [0.5, 0.6) is 0 Å². The number of aromatic nitrogens is 2. The summed E-state index contributed by atoms with van der Waals surface area (Å²) in [7, 11) is 0. The molecule has 9 heteroatoms. The molecule has 7 nitrogen and oxygen atoms in total. The van der Waals surface area contributed by atoms with Crippen molar-refractivity contribution in [2.75, 3.05) is 11.5 Å². The van der Waals surface area contributed by atoms with Crippen molar-refractivity contribution >= 4 is 35.3 Å². The summed E-state index contributed by atoms with van der Waals surface area (Å²) in [4.78, 5) is 22.3. The molecule has 0 radical (unpaired) electrons. The molecule has 30 heavy (non-hydrogen) atoms. The van der Waals surface area contributed by atoms with Gasteiger partial charge in [0.25, 0.3) is 0 Å². The van der Waals surface area contributed by atoms with Gasteiger partial charge in [-0.15, -0.1) is 0 Å². The third kappa shape index (κ3) is 9.65. The van der Waals surface area contributed by atoms with E-state index >= 15 is 0 Å². The van der Waals surface area contributed by atoms with Crippen molar-refractivity contribution in [3.63, 3.8) is 0 Å². The molecule has 1 atom stereocenters. The number of benzene rings is 1. The smallest absolute Gasteiger partial charge is 0.414 e. The first-order chi connectivity index (χ1) is 14.3. The number of rotatable bonds is 11. The van der Waals surface area contributed by atoms with Crippen LogP contribution in [-0.4, -0.2) is 48.3 Å². The number of carboxylic acids is 2. The van der Waals surface area contributed by atoms with Gasteiger partial charge in [0, 0.05) is 28.7 Å². The normalized spacial score (nSPS) is 12.5. The third-order valence-electron chi connectivity index (χ3n) is 4.29. The number of imidazole rings is 1. The molecular weight excluding hydrogens is 428 g/mol. The molecule has 166 valence electrons. The van der Waals surface area contributed by atoms with Crippen LogP contribution >= 0.6 is 23.4 Å². The molecule has 0 amide bonds. The molecule has 1 heterocycles. The van der Waals surface area contributed by atoms with E-state index in [2.05, 4.69) is 11.9 Å². The Morgan fingerprint density at radius 2 is 1.80 bits per heavy atom. The van der Waals surface area contributed by atoms with E-state index in [1.165, 1.54) is 32.1 Å². The van der Waals surface area contributed by atoms with Crippen molar-refractivity contribution in [1.82, 2.24) is 9.55 Å². The molecule has 0 bridgehead atoms. The summed E-state index contributed by atoms with van der Waals surface area (Å²) >= 11 is 8.15. The maximum absolute atomic E-state index is 11.3. The van der Waals surface area contributed by atoms with Crippen molar-refractivity contribution in [2.45, 2.75) is 51.2 Å².